The summed E-state index contributed by atoms with van der Waals surface area (Å²) >= 11 is 0. The third-order valence-corrected chi connectivity index (χ3v) is 3.41. The fraction of sp³-hybridized carbons (Fsp3) is 0.533. The van der Waals surface area contributed by atoms with E-state index in [0.717, 1.165) is 6.07 Å². The zero-order valence-corrected chi connectivity index (χ0v) is 12.4. The Morgan fingerprint density at radius 1 is 1.38 bits per heavy atom. The maximum Gasteiger partial charge on any atom is 0.241 e. The van der Waals surface area contributed by atoms with Gasteiger partial charge in [-0.1, -0.05) is 0 Å². The van der Waals surface area contributed by atoms with Gasteiger partial charge in [0.1, 0.15) is 17.8 Å². The van der Waals surface area contributed by atoms with Crippen molar-refractivity contribution >= 4 is 5.91 Å². The van der Waals surface area contributed by atoms with Gasteiger partial charge in [-0.2, -0.15) is 0 Å². The second-order valence-corrected chi connectivity index (χ2v) is 5.41. The van der Waals surface area contributed by atoms with E-state index in [2.05, 4.69) is 5.32 Å². The fourth-order valence-corrected chi connectivity index (χ4v) is 2.38. The molecule has 2 atom stereocenters. The molecular weight excluding hydrogens is 278 g/mol. The second kappa shape index (κ2) is 6.49. The summed E-state index contributed by atoms with van der Waals surface area (Å²) in [5, 5.41) is 3.03. The zero-order chi connectivity index (χ0) is 15.6. The van der Waals surface area contributed by atoms with Gasteiger partial charge in [0.25, 0.3) is 0 Å². The number of carbonyl (C=O) groups is 1. The number of hydrogen-bond acceptors (Lipinski definition) is 3. The minimum absolute atomic E-state index is 0.0640. The minimum atomic E-state index is -0.663. The Bertz CT molecular complexity index is 522. The van der Waals surface area contributed by atoms with E-state index < -0.39 is 23.8 Å². The first-order valence-electron chi connectivity index (χ1n) is 7.03. The molecule has 0 radical (unpaired) electrons. The van der Waals surface area contributed by atoms with E-state index in [0.29, 0.717) is 13.2 Å². The summed E-state index contributed by atoms with van der Waals surface area (Å²) in [5.41, 5.74) is 0.263. The Labute approximate surface area is 123 Å². The number of halogens is 2. The SMILES string of the molecule is CC(C)OCCN1C(=O)C(C)NC1c1ccc(F)cc1F. The molecule has 1 fully saturated rings. The summed E-state index contributed by atoms with van der Waals surface area (Å²) in [6.45, 7) is 6.26. The van der Waals surface area contributed by atoms with Crippen molar-refractivity contribution in [3.63, 3.8) is 0 Å². The number of nitrogens with zero attached hydrogens (tertiary/aromatic N) is 1. The number of amides is 1. The van der Waals surface area contributed by atoms with Crippen molar-refractivity contribution < 1.29 is 18.3 Å². The molecule has 0 aliphatic carbocycles. The Morgan fingerprint density at radius 2 is 2.10 bits per heavy atom. The molecule has 1 heterocycles. The van der Waals surface area contributed by atoms with Crippen LogP contribution in [0.4, 0.5) is 8.78 Å². The topological polar surface area (TPSA) is 41.6 Å². The predicted molar refractivity (Wildman–Crippen MR) is 74.5 cm³/mol. The van der Waals surface area contributed by atoms with Crippen molar-refractivity contribution in [2.45, 2.75) is 39.1 Å². The van der Waals surface area contributed by atoms with Crippen LogP contribution < -0.4 is 5.32 Å². The molecule has 1 amide bonds. The van der Waals surface area contributed by atoms with Crippen LogP contribution in [-0.2, 0) is 9.53 Å². The van der Waals surface area contributed by atoms with Crippen molar-refractivity contribution in [1.82, 2.24) is 10.2 Å². The molecule has 4 nitrogen and oxygen atoms in total. The van der Waals surface area contributed by atoms with Crippen LogP contribution in [0.2, 0.25) is 0 Å². The van der Waals surface area contributed by atoms with Gasteiger partial charge in [0.15, 0.2) is 0 Å². The van der Waals surface area contributed by atoms with Crippen molar-refractivity contribution in [3.05, 3.63) is 35.4 Å². The van der Waals surface area contributed by atoms with Crippen LogP contribution in [0, 0.1) is 11.6 Å². The first-order valence-corrected chi connectivity index (χ1v) is 7.03. The molecule has 0 spiro atoms. The summed E-state index contributed by atoms with van der Waals surface area (Å²) in [4.78, 5) is 13.7. The average molecular weight is 298 g/mol. The molecule has 2 unspecified atom stereocenters. The Balaban J connectivity index is 2.17. The minimum Gasteiger partial charge on any atom is -0.377 e. The lowest BCUT2D eigenvalue weighted by Gasteiger charge is -2.25. The molecule has 6 heteroatoms. The Morgan fingerprint density at radius 3 is 2.71 bits per heavy atom. The van der Waals surface area contributed by atoms with Gasteiger partial charge in [0.05, 0.1) is 18.8 Å². The standard InChI is InChI=1S/C15H20F2N2O2/c1-9(2)21-7-6-19-14(18-10(3)15(19)20)12-5-4-11(16)8-13(12)17/h4-5,8-10,14,18H,6-7H2,1-3H3. The van der Waals surface area contributed by atoms with Gasteiger partial charge < -0.3 is 9.64 Å². The van der Waals surface area contributed by atoms with Crippen LogP contribution in [0.25, 0.3) is 0 Å². The molecule has 1 aromatic carbocycles. The smallest absolute Gasteiger partial charge is 0.241 e. The number of rotatable bonds is 5. The highest BCUT2D eigenvalue weighted by Gasteiger charge is 2.38. The fourth-order valence-electron chi connectivity index (χ4n) is 2.38. The molecule has 1 aliphatic heterocycles. The van der Waals surface area contributed by atoms with Gasteiger partial charge in [-0.3, -0.25) is 10.1 Å². The number of carbonyl (C=O) groups excluding carboxylic acids is 1. The van der Waals surface area contributed by atoms with Crippen molar-refractivity contribution in [2.75, 3.05) is 13.2 Å². The van der Waals surface area contributed by atoms with Gasteiger partial charge >= 0.3 is 0 Å². The van der Waals surface area contributed by atoms with Gasteiger partial charge in [-0.25, -0.2) is 8.78 Å². The Kier molecular flexibility index (Phi) is 4.90. The average Bonchev–Trinajstić information content (AvgIpc) is 2.66. The monoisotopic (exact) mass is 298 g/mol. The molecule has 1 aromatic rings. The van der Waals surface area contributed by atoms with Gasteiger partial charge in [-0.15, -0.1) is 0 Å². The van der Waals surface area contributed by atoms with E-state index in [1.54, 1.807) is 6.92 Å². The summed E-state index contributed by atoms with van der Waals surface area (Å²) in [6.07, 6.45) is -0.530. The quantitative estimate of drug-likeness (QED) is 0.906. The summed E-state index contributed by atoms with van der Waals surface area (Å²) < 4.78 is 32.4. The van der Waals surface area contributed by atoms with Gasteiger partial charge in [0.2, 0.25) is 5.91 Å². The molecular formula is C15H20F2N2O2. The number of hydrogen-bond donors (Lipinski definition) is 1. The van der Waals surface area contributed by atoms with Crippen LogP contribution in [0.15, 0.2) is 18.2 Å². The molecule has 0 saturated carbocycles. The van der Waals surface area contributed by atoms with Crippen molar-refractivity contribution in [2.24, 2.45) is 0 Å². The second-order valence-electron chi connectivity index (χ2n) is 5.41. The maximum atomic E-state index is 13.9. The number of ether oxygens (including phenoxy) is 1. The van der Waals surface area contributed by atoms with Crippen LogP contribution in [0.5, 0.6) is 0 Å². The van der Waals surface area contributed by atoms with Crippen molar-refractivity contribution in [3.8, 4) is 0 Å². The molecule has 21 heavy (non-hydrogen) atoms. The first kappa shape index (κ1) is 15.9. The van der Waals surface area contributed by atoms with E-state index in [4.69, 9.17) is 4.74 Å². The van der Waals surface area contributed by atoms with Crippen LogP contribution in [-0.4, -0.2) is 36.1 Å². The molecule has 1 saturated heterocycles. The highest BCUT2D eigenvalue weighted by Crippen LogP contribution is 2.27. The van der Waals surface area contributed by atoms with E-state index in [1.165, 1.54) is 17.0 Å². The molecule has 1 N–H and O–H groups in total. The zero-order valence-electron chi connectivity index (χ0n) is 12.4. The van der Waals surface area contributed by atoms with E-state index in [-0.39, 0.29) is 17.6 Å². The summed E-state index contributed by atoms with van der Waals surface area (Å²) in [6, 6.07) is 2.98. The van der Waals surface area contributed by atoms with Gasteiger partial charge in [-0.05, 0) is 32.9 Å². The van der Waals surface area contributed by atoms with Crippen LogP contribution in [0.1, 0.15) is 32.5 Å². The summed E-state index contributed by atoms with van der Waals surface area (Å²) in [5.74, 6) is -1.41. The van der Waals surface area contributed by atoms with Crippen molar-refractivity contribution in [1.29, 1.82) is 0 Å². The number of nitrogens with one attached hydrogen (secondary N) is 1. The molecule has 1 aliphatic rings. The lowest BCUT2D eigenvalue weighted by Crippen LogP contribution is -2.34. The molecule has 116 valence electrons. The normalized spacial score (nSPS) is 22.4. The van der Waals surface area contributed by atoms with E-state index in [1.807, 2.05) is 13.8 Å². The van der Waals surface area contributed by atoms with Crippen LogP contribution in [0.3, 0.4) is 0 Å². The molecule has 0 bridgehead atoms. The Hall–Kier alpha value is -1.53. The number of benzene rings is 1. The van der Waals surface area contributed by atoms with E-state index in [9.17, 15) is 13.6 Å². The predicted octanol–water partition coefficient (Wildman–Crippen LogP) is 2.21. The highest BCUT2D eigenvalue weighted by molar-refractivity contribution is 5.84. The maximum absolute atomic E-state index is 13.9. The molecule has 0 aromatic heterocycles. The van der Waals surface area contributed by atoms with Crippen LogP contribution >= 0.6 is 0 Å². The third kappa shape index (κ3) is 3.57. The molecule has 2 rings (SSSR count). The summed E-state index contributed by atoms with van der Waals surface area (Å²) in [7, 11) is 0. The van der Waals surface area contributed by atoms with E-state index >= 15 is 0 Å². The first-order chi connectivity index (χ1) is 9.90. The lowest BCUT2D eigenvalue weighted by molar-refractivity contribution is -0.130. The lowest BCUT2D eigenvalue weighted by atomic mass is 10.1. The largest absolute Gasteiger partial charge is 0.377 e. The third-order valence-electron chi connectivity index (χ3n) is 3.41. The highest BCUT2D eigenvalue weighted by atomic mass is 19.1. The van der Waals surface area contributed by atoms with Gasteiger partial charge in [0, 0.05) is 18.2 Å².